The Labute approximate surface area is 322 Å². The molecule has 0 spiro atoms. The second kappa shape index (κ2) is 16.6. The lowest BCUT2D eigenvalue weighted by Gasteiger charge is -2.54. The molecule has 0 aromatic heterocycles. The minimum absolute atomic E-state index is 0.0304. The van der Waals surface area contributed by atoms with Gasteiger partial charge in [-0.1, -0.05) is 104 Å². The molecule has 3 aliphatic rings. The van der Waals surface area contributed by atoms with Crippen LogP contribution in [0.15, 0.2) is 66.3 Å². The Kier molecular flexibility index (Phi) is 12.9. The van der Waals surface area contributed by atoms with Crippen molar-refractivity contribution in [3.8, 4) is 5.75 Å². The molecule has 9 atom stereocenters. The number of allylic oxidation sites excluding steroid dienone is 2. The van der Waals surface area contributed by atoms with E-state index in [-0.39, 0.29) is 52.5 Å². The van der Waals surface area contributed by atoms with Gasteiger partial charge in [0.25, 0.3) is 0 Å². The lowest BCUT2D eigenvalue weighted by atomic mass is 9.59. The summed E-state index contributed by atoms with van der Waals surface area (Å²) in [7, 11) is -3.09. The Bertz CT molecular complexity index is 1650. The Hall–Kier alpha value is -2.73. The quantitative estimate of drug-likeness (QED) is 0.157. The molecule has 0 amide bonds. The zero-order chi connectivity index (χ0) is 38.9. The van der Waals surface area contributed by atoms with Crippen molar-refractivity contribution < 1.29 is 32.7 Å². The van der Waals surface area contributed by atoms with Gasteiger partial charge in [0.05, 0.1) is 5.60 Å². The topological polar surface area (TPSA) is 80.3 Å². The molecular formula is C44H66O7Si2. The van der Waals surface area contributed by atoms with Crippen molar-refractivity contribution in [2.24, 2.45) is 34.5 Å². The molecule has 2 aliphatic carbocycles. The van der Waals surface area contributed by atoms with Crippen LogP contribution >= 0.6 is 0 Å². The first-order chi connectivity index (χ1) is 24.8. The zero-order valence-corrected chi connectivity index (χ0v) is 36.7. The van der Waals surface area contributed by atoms with Gasteiger partial charge in [-0.05, 0) is 104 Å². The van der Waals surface area contributed by atoms with Crippen molar-refractivity contribution in [1.29, 1.82) is 0 Å². The number of carbonyl (C=O) groups excluding carboxylic acids is 2. The van der Waals surface area contributed by atoms with E-state index in [0.29, 0.717) is 31.4 Å². The van der Waals surface area contributed by atoms with E-state index in [0.717, 1.165) is 17.2 Å². The smallest absolute Gasteiger partial charge is 0.347 e. The third-order valence-electron chi connectivity index (χ3n) is 11.7. The van der Waals surface area contributed by atoms with E-state index in [1.54, 1.807) is 0 Å². The Morgan fingerprint density at radius 3 is 2.28 bits per heavy atom. The van der Waals surface area contributed by atoms with Crippen LogP contribution in [-0.2, 0) is 27.9 Å². The highest BCUT2D eigenvalue weighted by atomic mass is 28.3. The summed E-state index contributed by atoms with van der Waals surface area (Å²) >= 11 is 0. The summed E-state index contributed by atoms with van der Waals surface area (Å²) in [5.74, 6) is 0.231. The average molecular weight is 763 g/mol. The highest BCUT2D eigenvalue weighted by Gasteiger charge is 2.55. The minimum atomic E-state index is -1.62. The Morgan fingerprint density at radius 2 is 1.66 bits per heavy atom. The normalized spacial score (nSPS) is 29.8. The maximum absolute atomic E-state index is 14.3. The summed E-state index contributed by atoms with van der Waals surface area (Å²) in [6.45, 7) is 26.2. The van der Waals surface area contributed by atoms with Crippen LogP contribution in [0.5, 0.6) is 5.75 Å². The maximum Gasteiger partial charge on any atom is 0.347 e. The summed E-state index contributed by atoms with van der Waals surface area (Å²) in [5.41, 5.74) is 0.403. The number of benzene rings is 2. The van der Waals surface area contributed by atoms with Gasteiger partial charge in [-0.2, -0.15) is 0 Å². The highest BCUT2D eigenvalue weighted by Crippen LogP contribution is 2.53. The molecule has 0 radical (unpaired) electrons. The summed E-state index contributed by atoms with van der Waals surface area (Å²) in [6, 6.07) is 14.1. The zero-order valence-electron chi connectivity index (χ0n) is 34.4. The molecule has 0 N–H and O–H groups in total. The fraction of sp³-hybridized carbons (Fsp3) is 0.636. The standard InChI is InChI=1S/C44H66O7Si2/c1-13-36(47-33-21-20-29-16-14-15-17-30(29)25-33)40(45)49-37-26-32(42(3,4)5)24-31-19-18-28(2)44(38(31)37,51-53(11)12)23-22-34-27-35(43(6,7)8)39(41(46)48-34)50-52(9)10/h14-21,24-25,28,32,34-39,52-53H,13,22-23,26-27H2,1-12H3/t28-,32+,34+,35-,36?,37-,38+,39?,44-/m0/s1. The fourth-order valence-corrected chi connectivity index (χ4v) is 11.1. The van der Waals surface area contributed by atoms with Crippen LogP contribution in [0.3, 0.4) is 0 Å². The second-order valence-electron chi connectivity index (χ2n) is 18.5. The first-order valence-corrected chi connectivity index (χ1v) is 25.7. The third-order valence-corrected chi connectivity index (χ3v) is 13.5. The van der Waals surface area contributed by atoms with E-state index in [9.17, 15) is 9.59 Å². The van der Waals surface area contributed by atoms with Crippen molar-refractivity contribution in [3.63, 3.8) is 0 Å². The van der Waals surface area contributed by atoms with Gasteiger partial charge < -0.3 is 23.1 Å². The summed E-state index contributed by atoms with van der Waals surface area (Å²) in [6.07, 6.45) is 8.30. The lowest BCUT2D eigenvalue weighted by Crippen LogP contribution is -2.58. The number of ether oxygens (including phenoxy) is 3. The molecule has 1 heterocycles. The number of hydrogen-bond acceptors (Lipinski definition) is 7. The van der Waals surface area contributed by atoms with Crippen LogP contribution < -0.4 is 4.74 Å². The first kappa shape index (κ1) is 41.4. The molecule has 2 aromatic rings. The van der Waals surface area contributed by atoms with Gasteiger partial charge in [0, 0.05) is 17.8 Å². The van der Waals surface area contributed by atoms with Crippen LogP contribution in [0.2, 0.25) is 26.2 Å². The molecule has 0 bridgehead atoms. The molecule has 292 valence electrons. The molecule has 1 fully saturated rings. The van der Waals surface area contributed by atoms with Crippen molar-refractivity contribution in [3.05, 3.63) is 66.3 Å². The maximum atomic E-state index is 14.3. The van der Waals surface area contributed by atoms with Gasteiger partial charge in [-0.15, -0.1) is 0 Å². The van der Waals surface area contributed by atoms with Crippen LogP contribution in [0.4, 0.5) is 0 Å². The second-order valence-corrected chi connectivity index (χ2v) is 23.2. The van der Waals surface area contributed by atoms with Gasteiger partial charge in [0.1, 0.15) is 24.1 Å². The van der Waals surface area contributed by atoms with Crippen LogP contribution in [0.1, 0.15) is 87.5 Å². The number of esters is 2. The monoisotopic (exact) mass is 762 g/mol. The van der Waals surface area contributed by atoms with Crippen molar-refractivity contribution in [2.45, 2.75) is 144 Å². The SMILES string of the molecule is CCC(Oc1ccc2ccccc2c1)C(=O)O[C@H]1C[C@H](C(C)(C)C)C=C2C=C[C@H](C)[C@](CC[C@@H]3C[C@H](C(C)(C)C)C(O[SiH](C)C)C(=O)O3)(O[SiH](C)C)[C@H]21. The van der Waals surface area contributed by atoms with Crippen molar-refractivity contribution >= 4 is 40.8 Å². The van der Waals surface area contributed by atoms with Gasteiger partial charge in [-0.25, -0.2) is 9.59 Å². The van der Waals surface area contributed by atoms with E-state index in [2.05, 4.69) is 105 Å². The molecule has 0 saturated carbocycles. The predicted molar refractivity (Wildman–Crippen MR) is 219 cm³/mol. The molecule has 2 unspecified atom stereocenters. The average Bonchev–Trinajstić information content (AvgIpc) is 3.07. The van der Waals surface area contributed by atoms with E-state index in [1.807, 2.05) is 37.3 Å². The molecular weight excluding hydrogens is 697 g/mol. The fourth-order valence-electron chi connectivity index (χ4n) is 8.84. The molecule has 2 aromatic carbocycles. The predicted octanol–water partition coefficient (Wildman–Crippen LogP) is 9.59. The Morgan fingerprint density at radius 1 is 0.962 bits per heavy atom. The Balaban J connectivity index is 1.46. The van der Waals surface area contributed by atoms with Crippen molar-refractivity contribution in [2.75, 3.05) is 0 Å². The summed E-state index contributed by atoms with van der Waals surface area (Å²) in [5, 5.41) is 2.19. The number of carbonyl (C=O) groups is 2. The number of hydrogen-bond donors (Lipinski definition) is 0. The minimum Gasteiger partial charge on any atom is -0.479 e. The van der Waals surface area contributed by atoms with Gasteiger partial charge >= 0.3 is 11.9 Å². The van der Waals surface area contributed by atoms with Crippen LogP contribution in [0.25, 0.3) is 10.8 Å². The van der Waals surface area contributed by atoms with Crippen LogP contribution in [-0.4, -0.2) is 60.0 Å². The molecule has 5 rings (SSSR count). The summed E-state index contributed by atoms with van der Waals surface area (Å²) < 4.78 is 32.8. The molecule has 9 heteroatoms. The molecule has 53 heavy (non-hydrogen) atoms. The van der Waals surface area contributed by atoms with Gasteiger partial charge in [0.2, 0.25) is 0 Å². The highest BCUT2D eigenvalue weighted by molar-refractivity contribution is 6.49. The third kappa shape index (κ3) is 9.57. The van der Waals surface area contributed by atoms with Crippen LogP contribution in [0, 0.1) is 34.5 Å². The number of fused-ring (bicyclic) bond motifs is 2. The molecule has 7 nitrogen and oxygen atoms in total. The van der Waals surface area contributed by atoms with Gasteiger partial charge in [-0.3, -0.25) is 0 Å². The van der Waals surface area contributed by atoms with E-state index in [1.165, 1.54) is 5.57 Å². The largest absolute Gasteiger partial charge is 0.479 e. The number of cyclic esters (lactones) is 1. The van der Waals surface area contributed by atoms with E-state index < -0.39 is 42.0 Å². The van der Waals surface area contributed by atoms with Crippen molar-refractivity contribution in [1.82, 2.24) is 0 Å². The van der Waals surface area contributed by atoms with Gasteiger partial charge in [0.15, 0.2) is 24.2 Å². The molecule has 1 saturated heterocycles. The summed E-state index contributed by atoms with van der Waals surface area (Å²) in [4.78, 5) is 27.8. The first-order valence-electron chi connectivity index (χ1n) is 20.1. The lowest BCUT2D eigenvalue weighted by molar-refractivity contribution is -0.180. The van der Waals surface area contributed by atoms with E-state index >= 15 is 0 Å². The molecule has 1 aliphatic heterocycles. The number of rotatable bonds is 12. The van der Waals surface area contributed by atoms with E-state index in [4.69, 9.17) is 23.1 Å².